The topological polar surface area (TPSA) is 66.4 Å². The lowest BCUT2D eigenvalue weighted by Gasteiger charge is -2.40. The molecule has 96 valence electrons. The average molecular weight is 296 g/mol. The van der Waals surface area contributed by atoms with Crippen LogP contribution in [0.4, 0.5) is 0 Å². The van der Waals surface area contributed by atoms with Gasteiger partial charge in [-0.3, -0.25) is 0 Å². The third-order valence-corrected chi connectivity index (χ3v) is 6.67. The minimum Gasteiger partial charge on any atom is -0.394 e. The lowest BCUT2D eigenvalue weighted by molar-refractivity contribution is 0.111. The molecule has 2 N–H and O–H groups in total. The van der Waals surface area contributed by atoms with Crippen LogP contribution < -0.4 is 4.72 Å². The first-order valence-electron chi connectivity index (χ1n) is 5.29. The maximum Gasteiger partial charge on any atom is 0.250 e. The number of rotatable bonds is 4. The molecule has 1 aromatic rings. The van der Waals surface area contributed by atoms with E-state index in [0.29, 0.717) is 17.2 Å². The molecule has 0 amide bonds. The first kappa shape index (κ1) is 13.3. The van der Waals surface area contributed by atoms with Crippen molar-refractivity contribution in [3.8, 4) is 0 Å². The second-order valence-corrected chi connectivity index (χ2v) is 7.98. The molecule has 1 aliphatic carbocycles. The lowest BCUT2D eigenvalue weighted by atomic mass is 9.78. The third-order valence-electron chi connectivity index (χ3n) is 3.06. The van der Waals surface area contributed by atoms with Crippen LogP contribution in [-0.4, -0.2) is 25.7 Å². The van der Waals surface area contributed by atoms with Gasteiger partial charge >= 0.3 is 0 Å². The summed E-state index contributed by atoms with van der Waals surface area (Å²) in [5.41, 5.74) is 0.0899. The number of nitrogens with one attached hydrogen (secondary N) is 1. The number of halogens is 1. The Morgan fingerprint density at radius 2 is 2.24 bits per heavy atom. The second-order valence-electron chi connectivity index (χ2n) is 4.42. The molecule has 1 heterocycles. The van der Waals surface area contributed by atoms with Crippen LogP contribution in [-0.2, 0) is 10.0 Å². The molecule has 0 aromatic carbocycles. The van der Waals surface area contributed by atoms with Crippen molar-refractivity contribution in [2.45, 2.75) is 35.9 Å². The van der Waals surface area contributed by atoms with E-state index >= 15 is 0 Å². The number of hydrogen-bond acceptors (Lipinski definition) is 4. The number of aliphatic hydroxyl groups excluding tert-OH is 1. The van der Waals surface area contributed by atoms with Crippen LogP contribution >= 0.6 is 22.9 Å². The number of aliphatic hydroxyl groups is 1. The zero-order valence-corrected chi connectivity index (χ0v) is 11.8. The average Bonchev–Trinajstić information content (AvgIpc) is 2.54. The predicted octanol–water partition coefficient (Wildman–Crippen LogP) is 1.90. The summed E-state index contributed by atoms with van der Waals surface area (Å²) in [6.45, 7) is 1.60. The zero-order valence-electron chi connectivity index (χ0n) is 9.36. The lowest BCUT2D eigenvalue weighted by Crippen LogP contribution is -2.55. The van der Waals surface area contributed by atoms with Gasteiger partial charge in [-0.1, -0.05) is 11.6 Å². The fourth-order valence-electron chi connectivity index (χ4n) is 1.80. The fraction of sp³-hybridized carbons (Fsp3) is 0.600. The molecule has 0 spiro atoms. The van der Waals surface area contributed by atoms with Gasteiger partial charge in [0.25, 0.3) is 10.0 Å². The van der Waals surface area contributed by atoms with Crippen molar-refractivity contribution in [3.05, 3.63) is 16.0 Å². The van der Waals surface area contributed by atoms with Crippen LogP contribution in [0.15, 0.2) is 10.3 Å². The molecule has 0 unspecified atom stereocenters. The fourth-order valence-corrected chi connectivity index (χ4v) is 4.95. The minimum atomic E-state index is -3.57. The second kappa shape index (κ2) is 4.51. The molecule has 1 aromatic heterocycles. The van der Waals surface area contributed by atoms with Crippen molar-refractivity contribution < 1.29 is 13.5 Å². The Bertz CT molecular complexity index is 495. The summed E-state index contributed by atoms with van der Waals surface area (Å²) in [6.07, 6.45) is 2.30. The van der Waals surface area contributed by atoms with Crippen LogP contribution in [0.2, 0.25) is 4.34 Å². The molecule has 4 nitrogen and oxygen atoms in total. The zero-order chi connectivity index (χ0) is 12.7. The van der Waals surface area contributed by atoms with Gasteiger partial charge in [0.1, 0.15) is 4.21 Å². The summed E-state index contributed by atoms with van der Waals surface area (Å²) in [4.78, 5) is 0. The molecule has 1 fully saturated rings. The van der Waals surface area contributed by atoms with Gasteiger partial charge in [0.2, 0.25) is 0 Å². The molecule has 0 bridgehead atoms. The third kappa shape index (κ3) is 2.51. The number of hydrogen-bond donors (Lipinski definition) is 2. The Morgan fingerprint density at radius 1 is 1.59 bits per heavy atom. The highest BCUT2D eigenvalue weighted by atomic mass is 35.5. The molecular formula is C10H14ClNO3S2. The summed E-state index contributed by atoms with van der Waals surface area (Å²) < 4.78 is 27.5. The van der Waals surface area contributed by atoms with Gasteiger partial charge in [-0.05, 0) is 37.8 Å². The van der Waals surface area contributed by atoms with Crippen molar-refractivity contribution in [2.24, 2.45) is 0 Å². The molecule has 0 aliphatic heterocycles. The molecule has 7 heteroatoms. The molecule has 1 aliphatic rings. The maximum absolute atomic E-state index is 12.1. The summed E-state index contributed by atoms with van der Waals surface area (Å²) in [5, 5.41) is 9.26. The molecule has 1 saturated carbocycles. The van der Waals surface area contributed by atoms with E-state index in [4.69, 9.17) is 11.6 Å². The van der Waals surface area contributed by atoms with Gasteiger partial charge in [-0.25, -0.2) is 13.1 Å². The predicted molar refractivity (Wildman–Crippen MR) is 68.1 cm³/mol. The van der Waals surface area contributed by atoms with Crippen molar-refractivity contribution in [2.75, 3.05) is 6.61 Å². The van der Waals surface area contributed by atoms with Crippen molar-refractivity contribution in [1.82, 2.24) is 4.72 Å². The highest BCUT2D eigenvalue weighted by Crippen LogP contribution is 2.35. The van der Waals surface area contributed by atoms with Gasteiger partial charge < -0.3 is 5.11 Å². The Hall–Kier alpha value is -0.140. The minimum absolute atomic E-state index is 0.162. The van der Waals surface area contributed by atoms with Crippen LogP contribution in [0.5, 0.6) is 0 Å². The molecular weight excluding hydrogens is 282 g/mol. The van der Waals surface area contributed by atoms with E-state index in [-0.39, 0.29) is 10.8 Å². The summed E-state index contributed by atoms with van der Waals surface area (Å²) >= 11 is 6.91. The van der Waals surface area contributed by atoms with E-state index < -0.39 is 15.6 Å². The molecule has 0 atom stereocenters. The number of aryl methyl sites for hydroxylation is 1. The first-order valence-corrected chi connectivity index (χ1v) is 7.97. The van der Waals surface area contributed by atoms with Gasteiger partial charge in [-0.2, -0.15) is 0 Å². The van der Waals surface area contributed by atoms with Crippen LogP contribution in [0.1, 0.15) is 24.8 Å². The highest BCUT2D eigenvalue weighted by molar-refractivity contribution is 7.91. The van der Waals surface area contributed by atoms with Crippen molar-refractivity contribution in [1.29, 1.82) is 0 Å². The number of thiophene rings is 1. The molecule has 2 rings (SSSR count). The van der Waals surface area contributed by atoms with E-state index in [1.165, 1.54) is 0 Å². The summed E-state index contributed by atoms with van der Waals surface area (Å²) in [5.74, 6) is 0. The Balaban J connectivity index is 2.25. The van der Waals surface area contributed by atoms with Gasteiger partial charge in [0.05, 0.1) is 16.5 Å². The van der Waals surface area contributed by atoms with Gasteiger partial charge in [0.15, 0.2) is 0 Å². The van der Waals surface area contributed by atoms with E-state index in [1.54, 1.807) is 13.0 Å². The van der Waals surface area contributed by atoms with Crippen LogP contribution in [0.3, 0.4) is 0 Å². The number of sulfonamides is 1. The van der Waals surface area contributed by atoms with E-state index in [9.17, 15) is 13.5 Å². The van der Waals surface area contributed by atoms with Crippen molar-refractivity contribution >= 4 is 33.0 Å². The van der Waals surface area contributed by atoms with E-state index in [2.05, 4.69) is 4.72 Å². The van der Waals surface area contributed by atoms with Crippen molar-refractivity contribution in [3.63, 3.8) is 0 Å². The Morgan fingerprint density at radius 3 is 2.59 bits per heavy atom. The maximum atomic E-state index is 12.1. The normalized spacial score (nSPS) is 19.0. The van der Waals surface area contributed by atoms with Gasteiger partial charge in [0, 0.05) is 0 Å². The Labute approximate surface area is 110 Å². The van der Waals surface area contributed by atoms with E-state index in [0.717, 1.165) is 23.3 Å². The van der Waals surface area contributed by atoms with Crippen LogP contribution in [0.25, 0.3) is 0 Å². The van der Waals surface area contributed by atoms with Crippen LogP contribution in [0, 0.1) is 6.92 Å². The SMILES string of the molecule is Cc1cc(S(=O)(=O)NC2(CO)CCC2)sc1Cl. The Kier molecular flexibility index (Phi) is 3.53. The van der Waals surface area contributed by atoms with E-state index in [1.807, 2.05) is 0 Å². The molecule has 0 saturated heterocycles. The monoisotopic (exact) mass is 295 g/mol. The summed E-state index contributed by atoms with van der Waals surface area (Å²) in [6, 6.07) is 1.55. The smallest absolute Gasteiger partial charge is 0.250 e. The largest absolute Gasteiger partial charge is 0.394 e. The first-order chi connectivity index (χ1) is 7.88. The van der Waals surface area contributed by atoms with Gasteiger partial charge in [-0.15, -0.1) is 11.3 Å². The molecule has 0 radical (unpaired) electrons. The quantitative estimate of drug-likeness (QED) is 0.891. The standard InChI is InChI=1S/C10H14ClNO3S2/c1-7-5-8(16-9(7)11)17(14,15)12-10(6-13)3-2-4-10/h5,12-13H,2-4,6H2,1H3. The summed E-state index contributed by atoms with van der Waals surface area (Å²) in [7, 11) is -3.57. The molecule has 17 heavy (non-hydrogen) atoms. The highest BCUT2D eigenvalue weighted by Gasteiger charge is 2.40.